The Morgan fingerprint density at radius 1 is 1.47 bits per heavy atom. The van der Waals surface area contributed by atoms with Gasteiger partial charge in [0.25, 0.3) is 0 Å². The van der Waals surface area contributed by atoms with Gasteiger partial charge in [0.15, 0.2) is 5.82 Å². The first-order chi connectivity index (χ1) is 9.03. The highest BCUT2D eigenvalue weighted by atomic mass is 16.5. The van der Waals surface area contributed by atoms with E-state index in [4.69, 9.17) is 9.47 Å². The van der Waals surface area contributed by atoms with Crippen molar-refractivity contribution in [1.29, 1.82) is 0 Å². The SMILES string of the molecule is CCC(C)(Cn1nnnc1COCCOC)C(=O)O. The molecule has 1 aromatic heterocycles. The number of carboxylic acids is 1. The lowest BCUT2D eigenvalue weighted by Crippen LogP contribution is -2.33. The number of methoxy groups -OCH3 is 1. The number of ether oxygens (including phenoxy) is 2. The largest absolute Gasteiger partial charge is 0.481 e. The van der Waals surface area contributed by atoms with Crippen LogP contribution in [0.2, 0.25) is 0 Å². The highest BCUT2D eigenvalue weighted by Crippen LogP contribution is 2.23. The zero-order chi connectivity index (χ0) is 14.3. The Kier molecular flexibility index (Phi) is 5.84. The van der Waals surface area contributed by atoms with Crippen LogP contribution in [0.4, 0.5) is 0 Å². The Morgan fingerprint density at radius 3 is 2.79 bits per heavy atom. The van der Waals surface area contributed by atoms with Crippen LogP contribution in [0.25, 0.3) is 0 Å². The smallest absolute Gasteiger partial charge is 0.311 e. The quantitative estimate of drug-likeness (QED) is 0.647. The summed E-state index contributed by atoms with van der Waals surface area (Å²) < 4.78 is 11.7. The Balaban J connectivity index is 2.64. The van der Waals surface area contributed by atoms with Gasteiger partial charge in [-0.25, -0.2) is 4.68 Å². The zero-order valence-corrected chi connectivity index (χ0v) is 11.5. The van der Waals surface area contributed by atoms with E-state index in [-0.39, 0.29) is 13.2 Å². The maximum atomic E-state index is 11.3. The van der Waals surface area contributed by atoms with Crippen LogP contribution in [0.5, 0.6) is 0 Å². The van der Waals surface area contributed by atoms with Gasteiger partial charge in [-0.15, -0.1) is 5.10 Å². The predicted octanol–water partition coefficient (Wildman–Crippen LogP) is 0.337. The van der Waals surface area contributed by atoms with Gasteiger partial charge in [-0.3, -0.25) is 4.79 Å². The maximum Gasteiger partial charge on any atom is 0.311 e. The van der Waals surface area contributed by atoms with Gasteiger partial charge in [0, 0.05) is 7.11 Å². The number of hydrogen-bond acceptors (Lipinski definition) is 6. The van der Waals surface area contributed by atoms with Crippen LogP contribution in [0.1, 0.15) is 26.1 Å². The van der Waals surface area contributed by atoms with Crippen molar-refractivity contribution in [3.8, 4) is 0 Å². The van der Waals surface area contributed by atoms with Crippen molar-refractivity contribution in [3.63, 3.8) is 0 Å². The Bertz CT molecular complexity index is 409. The lowest BCUT2D eigenvalue weighted by atomic mass is 9.88. The van der Waals surface area contributed by atoms with Crippen LogP contribution in [-0.4, -0.2) is 51.6 Å². The number of nitrogens with zero attached hydrogens (tertiary/aromatic N) is 4. The van der Waals surface area contributed by atoms with E-state index in [2.05, 4.69) is 15.5 Å². The molecule has 0 aliphatic carbocycles. The fourth-order valence-corrected chi connectivity index (χ4v) is 1.42. The summed E-state index contributed by atoms with van der Waals surface area (Å²) in [6.07, 6.45) is 0.492. The fraction of sp³-hybridized carbons (Fsp3) is 0.818. The predicted molar refractivity (Wildman–Crippen MR) is 65.4 cm³/mol. The summed E-state index contributed by atoms with van der Waals surface area (Å²) in [6, 6.07) is 0. The molecule has 0 aliphatic heterocycles. The molecule has 0 aromatic carbocycles. The monoisotopic (exact) mass is 272 g/mol. The second-order valence-corrected chi connectivity index (χ2v) is 4.52. The summed E-state index contributed by atoms with van der Waals surface area (Å²) >= 11 is 0. The van der Waals surface area contributed by atoms with Gasteiger partial charge in [-0.1, -0.05) is 6.92 Å². The molecular weight excluding hydrogens is 252 g/mol. The Labute approximate surface area is 111 Å². The molecule has 19 heavy (non-hydrogen) atoms. The molecule has 0 saturated carbocycles. The molecule has 0 bridgehead atoms. The number of carboxylic acid groups (broad SMARTS) is 1. The summed E-state index contributed by atoms with van der Waals surface area (Å²) in [5.74, 6) is -0.353. The first-order valence-electron chi connectivity index (χ1n) is 6.08. The summed E-state index contributed by atoms with van der Waals surface area (Å²) in [6.45, 7) is 4.88. The molecule has 8 heteroatoms. The van der Waals surface area contributed by atoms with Crippen molar-refractivity contribution in [2.45, 2.75) is 33.4 Å². The highest BCUT2D eigenvalue weighted by molar-refractivity contribution is 5.73. The summed E-state index contributed by atoms with van der Waals surface area (Å²) in [5.41, 5.74) is -0.892. The standard InChI is InChI=1S/C11H20N4O4/c1-4-11(2,10(16)17)8-15-9(12-13-14-15)7-19-6-5-18-3/h4-8H2,1-3H3,(H,16,17). The first kappa shape index (κ1) is 15.5. The van der Waals surface area contributed by atoms with Crippen LogP contribution in [-0.2, 0) is 27.4 Å². The molecule has 0 radical (unpaired) electrons. The van der Waals surface area contributed by atoms with Crippen molar-refractivity contribution in [2.75, 3.05) is 20.3 Å². The molecule has 108 valence electrons. The van der Waals surface area contributed by atoms with Crippen molar-refractivity contribution >= 4 is 5.97 Å². The number of tetrazole rings is 1. The van der Waals surface area contributed by atoms with Crippen molar-refractivity contribution in [3.05, 3.63) is 5.82 Å². The minimum atomic E-state index is -0.892. The van der Waals surface area contributed by atoms with Crippen LogP contribution in [0, 0.1) is 5.41 Å². The number of aromatic nitrogens is 4. The Morgan fingerprint density at radius 2 is 2.21 bits per heavy atom. The average molecular weight is 272 g/mol. The van der Waals surface area contributed by atoms with Crippen molar-refractivity contribution in [2.24, 2.45) is 5.41 Å². The van der Waals surface area contributed by atoms with Gasteiger partial charge in [0.2, 0.25) is 0 Å². The van der Waals surface area contributed by atoms with E-state index in [1.54, 1.807) is 14.0 Å². The molecular formula is C11H20N4O4. The second-order valence-electron chi connectivity index (χ2n) is 4.52. The van der Waals surface area contributed by atoms with E-state index in [1.807, 2.05) is 6.92 Å². The third kappa shape index (κ3) is 4.25. The summed E-state index contributed by atoms with van der Waals surface area (Å²) in [5, 5.41) is 20.4. The van der Waals surface area contributed by atoms with Gasteiger partial charge < -0.3 is 14.6 Å². The minimum Gasteiger partial charge on any atom is -0.481 e. The molecule has 1 rings (SSSR count). The fourth-order valence-electron chi connectivity index (χ4n) is 1.42. The van der Waals surface area contributed by atoms with Crippen molar-refractivity contribution in [1.82, 2.24) is 20.2 Å². The van der Waals surface area contributed by atoms with E-state index >= 15 is 0 Å². The molecule has 0 fully saturated rings. The van der Waals surface area contributed by atoms with Crippen LogP contribution < -0.4 is 0 Å². The van der Waals surface area contributed by atoms with Crippen molar-refractivity contribution < 1.29 is 19.4 Å². The molecule has 0 aliphatic rings. The second kappa shape index (κ2) is 7.15. The summed E-state index contributed by atoms with van der Waals surface area (Å²) in [7, 11) is 1.59. The van der Waals surface area contributed by atoms with Crippen LogP contribution in [0.3, 0.4) is 0 Å². The van der Waals surface area contributed by atoms with Gasteiger partial charge in [-0.05, 0) is 23.8 Å². The lowest BCUT2D eigenvalue weighted by Gasteiger charge is -2.22. The number of carbonyl (C=O) groups is 1. The zero-order valence-electron chi connectivity index (χ0n) is 11.5. The third-order valence-electron chi connectivity index (χ3n) is 3.06. The molecule has 1 heterocycles. The Hall–Kier alpha value is -1.54. The van der Waals surface area contributed by atoms with Gasteiger partial charge >= 0.3 is 5.97 Å². The van der Waals surface area contributed by atoms with E-state index in [9.17, 15) is 9.90 Å². The molecule has 8 nitrogen and oxygen atoms in total. The normalized spacial score (nSPS) is 14.3. The topological polar surface area (TPSA) is 99.4 Å². The molecule has 1 aromatic rings. The number of aliphatic carboxylic acids is 1. The third-order valence-corrected chi connectivity index (χ3v) is 3.06. The molecule has 1 N–H and O–H groups in total. The maximum absolute atomic E-state index is 11.3. The van der Waals surface area contributed by atoms with E-state index in [0.29, 0.717) is 25.5 Å². The van der Waals surface area contributed by atoms with E-state index in [1.165, 1.54) is 4.68 Å². The summed E-state index contributed by atoms with van der Waals surface area (Å²) in [4.78, 5) is 11.3. The number of rotatable bonds is 9. The molecule has 0 spiro atoms. The van der Waals surface area contributed by atoms with E-state index < -0.39 is 11.4 Å². The van der Waals surface area contributed by atoms with Gasteiger partial charge in [0.05, 0.1) is 25.2 Å². The molecule has 1 atom stereocenters. The van der Waals surface area contributed by atoms with Gasteiger partial charge in [0.1, 0.15) is 6.61 Å². The first-order valence-corrected chi connectivity index (χ1v) is 6.08. The molecule has 0 amide bonds. The molecule has 0 saturated heterocycles. The lowest BCUT2D eigenvalue weighted by molar-refractivity contribution is -0.149. The highest BCUT2D eigenvalue weighted by Gasteiger charge is 2.33. The van der Waals surface area contributed by atoms with Crippen LogP contribution in [0.15, 0.2) is 0 Å². The minimum absolute atomic E-state index is 0.217. The van der Waals surface area contributed by atoms with Crippen LogP contribution >= 0.6 is 0 Å². The van der Waals surface area contributed by atoms with Gasteiger partial charge in [-0.2, -0.15) is 0 Å². The average Bonchev–Trinajstić information content (AvgIpc) is 2.81. The number of hydrogen-bond donors (Lipinski definition) is 1. The van der Waals surface area contributed by atoms with E-state index in [0.717, 1.165) is 0 Å². The molecule has 1 unspecified atom stereocenters.